The van der Waals surface area contributed by atoms with Crippen molar-refractivity contribution in [3.63, 3.8) is 0 Å². The van der Waals surface area contributed by atoms with Crippen LogP contribution in [0.15, 0.2) is 54.6 Å². The zero-order chi connectivity index (χ0) is 27.5. The zero-order valence-corrected chi connectivity index (χ0v) is 24.9. The second-order valence-corrected chi connectivity index (χ2v) is 12.7. The SMILES string of the molecule is CC1CCCN(c2cc(N3CCc4ccccc4C3)nc(NC(=S)NCC3(c4cccc(Cl)c4)CCCC3)n2)C1. The number of nitrogens with one attached hydrogen (secondary N) is 2. The van der Waals surface area contributed by atoms with Gasteiger partial charge in [-0.3, -0.25) is 0 Å². The smallest absolute Gasteiger partial charge is 0.232 e. The van der Waals surface area contributed by atoms with Crippen molar-refractivity contribution in [3.8, 4) is 0 Å². The van der Waals surface area contributed by atoms with Crippen LogP contribution in [0.3, 0.4) is 0 Å². The number of halogens is 1. The van der Waals surface area contributed by atoms with Gasteiger partial charge in [-0.05, 0) is 79.1 Å². The third-order valence-corrected chi connectivity index (χ3v) is 9.43. The summed E-state index contributed by atoms with van der Waals surface area (Å²) in [6, 6.07) is 19.2. The van der Waals surface area contributed by atoms with Crippen LogP contribution >= 0.6 is 23.8 Å². The summed E-state index contributed by atoms with van der Waals surface area (Å²) in [5.74, 6) is 3.15. The predicted molar refractivity (Wildman–Crippen MR) is 170 cm³/mol. The first-order valence-corrected chi connectivity index (χ1v) is 15.5. The molecular formula is C32H39ClN6S. The third-order valence-electron chi connectivity index (χ3n) is 8.95. The minimum Gasteiger partial charge on any atom is -0.361 e. The highest BCUT2D eigenvalue weighted by Gasteiger charge is 2.36. The summed E-state index contributed by atoms with van der Waals surface area (Å²) in [6.07, 6.45) is 8.17. The van der Waals surface area contributed by atoms with Crippen LogP contribution in [0.1, 0.15) is 62.1 Å². The number of piperidine rings is 1. The number of hydrogen-bond acceptors (Lipinski definition) is 5. The lowest BCUT2D eigenvalue weighted by Gasteiger charge is -2.34. The summed E-state index contributed by atoms with van der Waals surface area (Å²) in [5.41, 5.74) is 4.13. The summed E-state index contributed by atoms with van der Waals surface area (Å²) >= 11 is 12.2. The molecule has 3 heterocycles. The van der Waals surface area contributed by atoms with Gasteiger partial charge in [0.1, 0.15) is 11.6 Å². The van der Waals surface area contributed by atoms with Crippen LogP contribution in [0.4, 0.5) is 17.6 Å². The number of thiocarbonyl (C=S) groups is 1. The van der Waals surface area contributed by atoms with Gasteiger partial charge in [0, 0.05) is 49.2 Å². The highest BCUT2D eigenvalue weighted by atomic mass is 35.5. The summed E-state index contributed by atoms with van der Waals surface area (Å²) in [7, 11) is 0. The van der Waals surface area contributed by atoms with Gasteiger partial charge in [0.15, 0.2) is 5.11 Å². The molecule has 1 saturated heterocycles. The van der Waals surface area contributed by atoms with Crippen LogP contribution in [-0.2, 0) is 18.4 Å². The van der Waals surface area contributed by atoms with Gasteiger partial charge in [-0.15, -0.1) is 0 Å². The highest BCUT2D eigenvalue weighted by Crippen LogP contribution is 2.41. The number of aromatic nitrogens is 2. The van der Waals surface area contributed by atoms with E-state index < -0.39 is 0 Å². The van der Waals surface area contributed by atoms with E-state index in [1.165, 1.54) is 42.4 Å². The van der Waals surface area contributed by atoms with Crippen molar-refractivity contribution >= 4 is 46.5 Å². The van der Waals surface area contributed by atoms with Crippen LogP contribution < -0.4 is 20.4 Å². The maximum Gasteiger partial charge on any atom is 0.232 e. The summed E-state index contributed by atoms with van der Waals surface area (Å²) < 4.78 is 0. The monoisotopic (exact) mass is 574 g/mol. The number of anilines is 3. The molecule has 2 aliphatic heterocycles. The van der Waals surface area contributed by atoms with Gasteiger partial charge < -0.3 is 20.4 Å². The Hall–Kier alpha value is -2.90. The Bertz CT molecular complexity index is 1360. The second-order valence-electron chi connectivity index (χ2n) is 11.8. The molecule has 6 nitrogen and oxygen atoms in total. The zero-order valence-electron chi connectivity index (χ0n) is 23.3. The van der Waals surface area contributed by atoms with Crippen molar-refractivity contribution in [1.29, 1.82) is 0 Å². The number of benzene rings is 2. The molecule has 0 bridgehead atoms. The molecule has 2 fully saturated rings. The van der Waals surface area contributed by atoms with E-state index in [9.17, 15) is 0 Å². The van der Waals surface area contributed by atoms with Crippen molar-refractivity contribution in [2.24, 2.45) is 5.92 Å². The molecule has 1 aliphatic carbocycles. The van der Waals surface area contributed by atoms with E-state index in [1.54, 1.807) is 0 Å². The number of fused-ring (bicyclic) bond motifs is 1. The molecule has 6 rings (SSSR count). The molecule has 0 amide bonds. The Kier molecular flexibility index (Phi) is 8.12. The molecule has 1 saturated carbocycles. The van der Waals surface area contributed by atoms with E-state index in [2.05, 4.69) is 75.9 Å². The fourth-order valence-corrected chi connectivity index (χ4v) is 7.08. The minimum absolute atomic E-state index is 0.0373. The lowest BCUT2D eigenvalue weighted by molar-refractivity contribution is 0.435. The molecule has 0 radical (unpaired) electrons. The fraction of sp³-hybridized carbons (Fsp3) is 0.469. The number of hydrogen-bond donors (Lipinski definition) is 2. The maximum absolute atomic E-state index is 6.37. The summed E-state index contributed by atoms with van der Waals surface area (Å²) in [4.78, 5) is 14.7. The molecule has 40 heavy (non-hydrogen) atoms. The van der Waals surface area contributed by atoms with E-state index in [-0.39, 0.29) is 5.41 Å². The molecule has 1 unspecified atom stereocenters. The number of rotatable bonds is 6. The molecule has 8 heteroatoms. The second kappa shape index (κ2) is 11.9. The van der Waals surface area contributed by atoms with Gasteiger partial charge in [-0.2, -0.15) is 9.97 Å². The van der Waals surface area contributed by atoms with Crippen LogP contribution in [0.5, 0.6) is 0 Å². The van der Waals surface area contributed by atoms with E-state index >= 15 is 0 Å². The van der Waals surface area contributed by atoms with Crippen LogP contribution in [0.25, 0.3) is 0 Å². The average Bonchev–Trinajstić information content (AvgIpc) is 3.46. The fourth-order valence-electron chi connectivity index (χ4n) is 6.72. The van der Waals surface area contributed by atoms with Crippen molar-refractivity contribution in [2.45, 2.75) is 63.8 Å². The van der Waals surface area contributed by atoms with E-state index in [0.29, 0.717) is 17.0 Å². The van der Waals surface area contributed by atoms with Crippen molar-refractivity contribution < 1.29 is 0 Å². The van der Waals surface area contributed by atoms with Gasteiger partial charge in [0.2, 0.25) is 5.95 Å². The first-order valence-electron chi connectivity index (χ1n) is 14.7. The predicted octanol–water partition coefficient (Wildman–Crippen LogP) is 6.73. The Balaban J connectivity index is 1.22. The number of nitrogens with zero attached hydrogens (tertiary/aromatic N) is 4. The van der Waals surface area contributed by atoms with Gasteiger partial charge in [0.25, 0.3) is 0 Å². The minimum atomic E-state index is 0.0373. The van der Waals surface area contributed by atoms with Gasteiger partial charge >= 0.3 is 0 Å². The summed E-state index contributed by atoms with van der Waals surface area (Å²) in [6.45, 7) is 6.92. The molecule has 2 aromatic carbocycles. The normalized spacial score (nSPS) is 20.2. The quantitative estimate of drug-likeness (QED) is 0.317. The average molecular weight is 575 g/mol. The van der Waals surface area contributed by atoms with Crippen molar-refractivity contribution in [1.82, 2.24) is 15.3 Å². The van der Waals surface area contributed by atoms with Gasteiger partial charge in [-0.25, -0.2) is 0 Å². The Morgan fingerprint density at radius 1 is 0.975 bits per heavy atom. The largest absolute Gasteiger partial charge is 0.361 e. The Morgan fingerprint density at radius 3 is 2.52 bits per heavy atom. The first kappa shape index (κ1) is 27.3. The molecule has 3 aliphatic rings. The molecule has 1 aromatic heterocycles. The van der Waals surface area contributed by atoms with Crippen LogP contribution in [0, 0.1) is 5.92 Å². The molecule has 3 aromatic rings. The van der Waals surface area contributed by atoms with E-state index in [1.807, 2.05) is 6.07 Å². The van der Waals surface area contributed by atoms with Gasteiger partial charge in [0.05, 0.1) is 0 Å². The standard InChI is InChI=1S/C32H39ClN6S/c1-23-8-7-16-38(20-23)28-19-29(39-17-13-24-9-2-3-10-25(24)21-39)36-30(35-28)37-31(40)34-22-32(14-4-5-15-32)26-11-6-12-27(33)18-26/h2-3,6,9-12,18-19,23H,4-5,7-8,13-17,20-22H2,1H3,(H2,34,35,36,37,40). The lowest BCUT2D eigenvalue weighted by atomic mass is 9.79. The molecule has 2 N–H and O–H groups in total. The molecule has 1 atom stereocenters. The van der Waals surface area contributed by atoms with Crippen LogP contribution in [0.2, 0.25) is 5.02 Å². The topological polar surface area (TPSA) is 56.3 Å². The highest BCUT2D eigenvalue weighted by molar-refractivity contribution is 7.80. The van der Waals surface area contributed by atoms with Gasteiger partial charge in [-0.1, -0.05) is 67.8 Å². The van der Waals surface area contributed by atoms with Crippen LogP contribution in [-0.4, -0.2) is 41.3 Å². The Morgan fingerprint density at radius 2 is 1.75 bits per heavy atom. The lowest BCUT2D eigenvalue weighted by Crippen LogP contribution is -2.41. The molecule has 0 spiro atoms. The van der Waals surface area contributed by atoms with Crippen molar-refractivity contribution in [2.75, 3.05) is 41.3 Å². The molecular weight excluding hydrogens is 536 g/mol. The van der Waals surface area contributed by atoms with Crippen molar-refractivity contribution in [3.05, 3.63) is 76.3 Å². The molecule has 210 valence electrons. The Labute approximate surface area is 248 Å². The maximum atomic E-state index is 6.37. The van der Waals surface area contributed by atoms with E-state index in [4.69, 9.17) is 33.8 Å². The third kappa shape index (κ3) is 6.06. The summed E-state index contributed by atoms with van der Waals surface area (Å²) in [5, 5.41) is 8.22. The first-order chi connectivity index (χ1) is 19.5. The van der Waals surface area contributed by atoms with E-state index in [0.717, 1.165) is 68.6 Å².